The van der Waals surface area contributed by atoms with Crippen molar-refractivity contribution in [1.82, 2.24) is 25.0 Å². The fraction of sp³-hybridized carbons (Fsp3) is 0.375. The number of amides is 2. The van der Waals surface area contributed by atoms with E-state index in [0.717, 1.165) is 11.4 Å². The fourth-order valence-corrected chi connectivity index (χ4v) is 2.58. The van der Waals surface area contributed by atoms with Crippen LogP contribution in [0.25, 0.3) is 0 Å². The number of nitrogens with one attached hydrogen (secondary N) is 2. The van der Waals surface area contributed by atoms with Crippen molar-refractivity contribution in [3.8, 4) is 0 Å². The second kappa shape index (κ2) is 7.22. The molecule has 24 heavy (non-hydrogen) atoms. The number of nitrogens with zero attached hydrogens (tertiary/aromatic N) is 4. The number of aromatic nitrogens is 3. The molecular formula is C16H20N6O2. The molecule has 0 aromatic carbocycles. The minimum absolute atomic E-state index is 0.0499. The molecule has 2 amide bonds. The van der Waals surface area contributed by atoms with Crippen molar-refractivity contribution in [1.29, 1.82) is 0 Å². The normalized spacial score (nSPS) is 14.7. The van der Waals surface area contributed by atoms with E-state index in [1.54, 1.807) is 21.8 Å². The molecule has 1 fully saturated rings. The predicted octanol–water partition coefficient (Wildman–Crippen LogP) is 0.00512. The van der Waals surface area contributed by atoms with Gasteiger partial charge in [0.15, 0.2) is 0 Å². The maximum absolute atomic E-state index is 12.3. The highest BCUT2D eigenvalue weighted by molar-refractivity contribution is 5.94. The Morgan fingerprint density at radius 1 is 1.42 bits per heavy atom. The number of aryl methyl sites for hydroxylation is 1. The van der Waals surface area contributed by atoms with E-state index < -0.39 is 0 Å². The van der Waals surface area contributed by atoms with Gasteiger partial charge in [-0.25, -0.2) is 4.68 Å². The fourth-order valence-electron chi connectivity index (χ4n) is 2.58. The largest absolute Gasteiger partial charge is 0.331 e. The first kappa shape index (κ1) is 16.1. The summed E-state index contributed by atoms with van der Waals surface area (Å²) in [6.45, 7) is 3.91. The summed E-state index contributed by atoms with van der Waals surface area (Å²) < 4.78 is 1.70. The summed E-state index contributed by atoms with van der Waals surface area (Å²) in [6.07, 6.45) is 1.72. The average molecular weight is 328 g/mol. The Balaban J connectivity index is 1.66. The van der Waals surface area contributed by atoms with E-state index in [1.807, 2.05) is 25.1 Å². The second-order valence-electron chi connectivity index (χ2n) is 5.69. The number of carbonyl (C=O) groups is 2. The molecule has 0 saturated carbocycles. The van der Waals surface area contributed by atoms with E-state index >= 15 is 0 Å². The van der Waals surface area contributed by atoms with E-state index in [2.05, 4.69) is 20.7 Å². The monoisotopic (exact) mass is 328 g/mol. The van der Waals surface area contributed by atoms with Crippen molar-refractivity contribution < 1.29 is 9.59 Å². The van der Waals surface area contributed by atoms with Crippen LogP contribution in [0.4, 0.5) is 5.82 Å². The molecule has 8 nitrogen and oxygen atoms in total. The number of pyridine rings is 1. The molecule has 0 radical (unpaired) electrons. The summed E-state index contributed by atoms with van der Waals surface area (Å²) >= 11 is 0. The standard InChI is InChI=1S/C16H20N6O2/c1-12-8-14(22(20-12)10-13-4-2-3-5-18-13)19-15(23)11-21-7-6-17-9-16(21)24/h2-5,8,17H,6-7,9-11H2,1H3,(H,19,23). The lowest BCUT2D eigenvalue weighted by Crippen LogP contribution is -2.50. The van der Waals surface area contributed by atoms with Crippen molar-refractivity contribution in [2.24, 2.45) is 0 Å². The highest BCUT2D eigenvalue weighted by Crippen LogP contribution is 2.12. The molecule has 0 aliphatic carbocycles. The van der Waals surface area contributed by atoms with Gasteiger partial charge in [-0.2, -0.15) is 5.10 Å². The smallest absolute Gasteiger partial charge is 0.245 e. The van der Waals surface area contributed by atoms with E-state index in [-0.39, 0.29) is 24.9 Å². The molecule has 126 valence electrons. The molecule has 8 heteroatoms. The molecule has 0 spiro atoms. The maximum atomic E-state index is 12.3. The van der Waals surface area contributed by atoms with Crippen LogP contribution < -0.4 is 10.6 Å². The second-order valence-corrected chi connectivity index (χ2v) is 5.69. The third-order valence-electron chi connectivity index (χ3n) is 3.73. The summed E-state index contributed by atoms with van der Waals surface area (Å²) in [5.74, 6) is 0.313. The zero-order valence-electron chi connectivity index (χ0n) is 13.5. The number of hydrogen-bond donors (Lipinski definition) is 2. The molecule has 1 aliphatic heterocycles. The van der Waals surface area contributed by atoms with Gasteiger partial charge < -0.3 is 15.5 Å². The van der Waals surface area contributed by atoms with Crippen molar-refractivity contribution >= 4 is 17.6 Å². The van der Waals surface area contributed by atoms with Crippen LogP contribution in [0.5, 0.6) is 0 Å². The summed E-state index contributed by atoms with van der Waals surface area (Å²) in [4.78, 5) is 29.8. The Bertz CT molecular complexity index is 727. The van der Waals surface area contributed by atoms with Crippen LogP contribution in [0.3, 0.4) is 0 Å². The first-order valence-corrected chi connectivity index (χ1v) is 7.84. The number of piperazine rings is 1. The first-order valence-electron chi connectivity index (χ1n) is 7.84. The maximum Gasteiger partial charge on any atom is 0.245 e. The van der Waals surface area contributed by atoms with Gasteiger partial charge in [0, 0.05) is 25.4 Å². The van der Waals surface area contributed by atoms with Crippen LogP contribution in [0.1, 0.15) is 11.4 Å². The molecule has 3 heterocycles. The summed E-state index contributed by atoms with van der Waals surface area (Å²) in [7, 11) is 0. The minimum atomic E-state index is -0.229. The van der Waals surface area contributed by atoms with E-state index in [9.17, 15) is 9.59 Å². The molecule has 1 aliphatic rings. The van der Waals surface area contributed by atoms with Crippen LogP contribution in [0.2, 0.25) is 0 Å². The Labute approximate surface area is 139 Å². The molecule has 2 aromatic heterocycles. The molecule has 2 aromatic rings. The van der Waals surface area contributed by atoms with Crippen molar-refractivity contribution in [2.75, 3.05) is 31.5 Å². The minimum Gasteiger partial charge on any atom is -0.331 e. The lowest BCUT2D eigenvalue weighted by Gasteiger charge is -2.26. The predicted molar refractivity (Wildman–Crippen MR) is 88.4 cm³/mol. The van der Waals surface area contributed by atoms with Gasteiger partial charge in [-0.15, -0.1) is 0 Å². The lowest BCUT2D eigenvalue weighted by atomic mass is 10.3. The van der Waals surface area contributed by atoms with Crippen molar-refractivity contribution in [3.05, 3.63) is 41.9 Å². The van der Waals surface area contributed by atoms with Gasteiger partial charge in [-0.1, -0.05) is 6.07 Å². The summed E-state index contributed by atoms with van der Waals surface area (Å²) in [6, 6.07) is 7.47. The van der Waals surface area contributed by atoms with Crippen molar-refractivity contribution in [3.63, 3.8) is 0 Å². The SMILES string of the molecule is Cc1cc(NC(=O)CN2CCNCC2=O)n(Cc2ccccn2)n1. The Morgan fingerprint density at radius 3 is 3.04 bits per heavy atom. The van der Waals surface area contributed by atoms with E-state index in [0.29, 0.717) is 25.5 Å². The molecule has 3 rings (SSSR count). The van der Waals surface area contributed by atoms with Crippen LogP contribution in [-0.2, 0) is 16.1 Å². The zero-order chi connectivity index (χ0) is 16.9. The van der Waals surface area contributed by atoms with Crippen molar-refractivity contribution in [2.45, 2.75) is 13.5 Å². The molecular weight excluding hydrogens is 308 g/mol. The van der Waals surface area contributed by atoms with E-state index in [1.165, 1.54) is 0 Å². The molecule has 1 saturated heterocycles. The zero-order valence-corrected chi connectivity index (χ0v) is 13.5. The Kier molecular flexibility index (Phi) is 4.85. The van der Waals surface area contributed by atoms with Crippen LogP contribution in [0, 0.1) is 6.92 Å². The average Bonchev–Trinajstić information content (AvgIpc) is 2.90. The van der Waals surface area contributed by atoms with Gasteiger partial charge in [0.25, 0.3) is 0 Å². The number of anilines is 1. The Morgan fingerprint density at radius 2 is 2.29 bits per heavy atom. The Hall–Kier alpha value is -2.74. The van der Waals surface area contributed by atoms with Gasteiger partial charge >= 0.3 is 0 Å². The van der Waals surface area contributed by atoms with Gasteiger partial charge in [0.1, 0.15) is 5.82 Å². The number of hydrogen-bond acceptors (Lipinski definition) is 5. The quantitative estimate of drug-likeness (QED) is 0.806. The highest BCUT2D eigenvalue weighted by Gasteiger charge is 2.20. The number of rotatable bonds is 5. The third kappa shape index (κ3) is 3.96. The van der Waals surface area contributed by atoms with Crippen LogP contribution >= 0.6 is 0 Å². The molecule has 0 atom stereocenters. The van der Waals surface area contributed by atoms with Gasteiger partial charge in [-0.05, 0) is 19.1 Å². The molecule has 0 bridgehead atoms. The highest BCUT2D eigenvalue weighted by atomic mass is 16.2. The van der Waals surface area contributed by atoms with Gasteiger partial charge in [0.2, 0.25) is 11.8 Å². The van der Waals surface area contributed by atoms with Gasteiger partial charge in [0.05, 0.1) is 31.0 Å². The summed E-state index contributed by atoms with van der Waals surface area (Å²) in [5, 5.41) is 10.2. The molecule has 2 N–H and O–H groups in total. The summed E-state index contributed by atoms with van der Waals surface area (Å²) in [5.41, 5.74) is 1.66. The van der Waals surface area contributed by atoms with Crippen LogP contribution in [-0.4, -0.2) is 57.7 Å². The van der Waals surface area contributed by atoms with Gasteiger partial charge in [-0.3, -0.25) is 14.6 Å². The number of carbonyl (C=O) groups excluding carboxylic acids is 2. The van der Waals surface area contributed by atoms with E-state index in [4.69, 9.17) is 0 Å². The lowest BCUT2D eigenvalue weighted by molar-refractivity contribution is -0.135. The third-order valence-corrected chi connectivity index (χ3v) is 3.73. The molecule has 0 unspecified atom stereocenters. The first-order chi connectivity index (χ1) is 11.6. The topological polar surface area (TPSA) is 92.2 Å². The van der Waals surface area contributed by atoms with Crippen LogP contribution in [0.15, 0.2) is 30.5 Å².